The number of carboxylic acids is 1. The number of aliphatic carboxylic acids is 1. The Labute approximate surface area is 67.2 Å². The maximum atomic E-state index is 10.0. The first-order valence-electron chi connectivity index (χ1n) is 3.67. The molecule has 1 unspecified atom stereocenters. The topological polar surface area (TPSA) is 37.3 Å². The molecule has 2 nitrogen and oxygen atoms in total. The second-order valence-electron chi connectivity index (χ2n) is 2.61. The van der Waals surface area contributed by atoms with E-state index in [0.29, 0.717) is 5.92 Å². The Morgan fingerprint density at radius 3 is 2.73 bits per heavy atom. The van der Waals surface area contributed by atoms with Crippen LogP contribution in [-0.4, -0.2) is 11.1 Å². The van der Waals surface area contributed by atoms with Gasteiger partial charge >= 0.3 is 5.97 Å². The smallest absolute Gasteiger partial charge is 0.327 e. The molecule has 2 heteroatoms. The minimum atomic E-state index is -0.879. The summed E-state index contributed by atoms with van der Waals surface area (Å²) in [5.74, 6) is -0.390. The van der Waals surface area contributed by atoms with E-state index in [9.17, 15) is 4.79 Å². The van der Waals surface area contributed by atoms with Crippen LogP contribution in [0, 0.1) is 5.92 Å². The van der Waals surface area contributed by atoms with Crippen molar-refractivity contribution in [3.8, 4) is 0 Å². The van der Waals surface area contributed by atoms with Gasteiger partial charge in [0.05, 0.1) is 0 Å². The molecule has 0 bridgehead atoms. The zero-order valence-corrected chi connectivity index (χ0v) is 6.79. The molecule has 0 rings (SSSR count). The largest absolute Gasteiger partial charge is 0.478 e. The first kappa shape index (κ1) is 9.95. The average Bonchev–Trinajstić information content (AvgIpc) is 1.87. The summed E-state index contributed by atoms with van der Waals surface area (Å²) in [6.07, 6.45) is 6.44. The molecule has 0 saturated heterocycles. The first-order valence-corrected chi connectivity index (χ1v) is 3.67. The van der Waals surface area contributed by atoms with Crippen molar-refractivity contribution in [2.45, 2.75) is 19.8 Å². The van der Waals surface area contributed by atoms with E-state index in [4.69, 9.17) is 5.11 Å². The highest BCUT2D eigenvalue weighted by Crippen LogP contribution is 2.07. The summed E-state index contributed by atoms with van der Waals surface area (Å²) in [6, 6.07) is 0. The Morgan fingerprint density at radius 1 is 1.64 bits per heavy atom. The van der Waals surface area contributed by atoms with Gasteiger partial charge in [-0.05, 0) is 18.8 Å². The second kappa shape index (κ2) is 5.71. The zero-order valence-electron chi connectivity index (χ0n) is 6.79. The van der Waals surface area contributed by atoms with Gasteiger partial charge in [-0.15, -0.1) is 6.58 Å². The molecule has 0 aromatic rings. The maximum Gasteiger partial charge on any atom is 0.327 e. The van der Waals surface area contributed by atoms with Crippen molar-refractivity contribution in [2.24, 2.45) is 5.92 Å². The number of rotatable bonds is 5. The third-order valence-electron chi connectivity index (χ3n) is 1.37. The Bertz CT molecular complexity index is 159. The SMILES string of the molecule is C=CCC(C)CC=CC(=O)O. The summed E-state index contributed by atoms with van der Waals surface area (Å²) in [7, 11) is 0. The predicted molar refractivity (Wildman–Crippen MR) is 45.4 cm³/mol. The molecule has 0 heterocycles. The summed E-state index contributed by atoms with van der Waals surface area (Å²) in [5, 5.41) is 8.25. The number of hydrogen-bond acceptors (Lipinski definition) is 1. The molecule has 11 heavy (non-hydrogen) atoms. The monoisotopic (exact) mass is 154 g/mol. The Hall–Kier alpha value is -1.05. The fraction of sp³-hybridized carbons (Fsp3) is 0.444. The third-order valence-corrected chi connectivity index (χ3v) is 1.37. The fourth-order valence-corrected chi connectivity index (χ4v) is 0.782. The van der Waals surface area contributed by atoms with Gasteiger partial charge in [0.25, 0.3) is 0 Å². The van der Waals surface area contributed by atoms with Gasteiger partial charge in [-0.2, -0.15) is 0 Å². The van der Waals surface area contributed by atoms with Crippen molar-refractivity contribution in [3.05, 3.63) is 24.8 Å². The van der Waals surface area contributed by atoms with Gasteiger partial charge in [-0.1, -0.05) is 19.1 Å². The third kappa shape index (κ3) is 6.84. The van der Waals surface area contributed by atoms with E-state index in [1.54, 1.807) is 6.08 Å². The van der Waals surface area contributed by atoms with E-state index in [0.717, 1.165) is 12.8 Å². The Balaban J connectivity index is 3.51. The zero-order chi connectivity index (χ0) is 8.69. The second-order valence-corrected chi connectivity index (χ2v) is 2.61. The molecule has 0 fully saturated rings. The van der Waals surface area contributed by atoms with Crippen molar-refractivity contribution in [1.82, 2.24) is 0 Å². The molecule has 0 aromatic carbocycles. The molecule has 1 N–H and O–H groups in total. The summed E-state index contributed by atoms with van der Waals surface area (Å²) in [5.41, 5.74) is 0. The van der Waals surface area contributed by atoms with Crippen LogP contribution in [0.5, 0.6) is 0 Å². The van der Waals surface area contributed by atoms with Gasteiger partial charge in [0.1, 0.15) is 0 Å². The van der Waals surface area contributed by atoms with Gasteiger partial charge in [0.15, 0.2) is 0 Å². The van der Waals surface area contributed by atoms with Crippen LogP contribution in [0.15, 0.2) is 24.8 Å². The van der Waals surface area contributed by atoms with E-state index in [1.807, 2.05) is 6.08 Å². The van der Waals surface area contributed by atoms with Crippen LogP contribution in [0.25, 0.3) is 0 Å². The van der Waals surface area contributed by atoms with Gasteiger partial charge in [-0.3, -0.25) is 0 Å². The molecule has 62 valence electrons. The standard InChI is InChI=1S/C9H14O2/c1-3-5-8(2)6-4-7-9(10)11/h3-4,7-8H,1,5-6H2,2H3,(H,10,11). The predicted octanol–water partition coefficient (Wildman–Crippen LogP) is 2.23. The molecule has 0 aromatic heterocycles. The molecule has 1 atom stereocenters. The highest BCUT2D eigenvalue weighted by molar-refractivity contribution is 5.79. The van der Waals surface area contributed by atoms with Crippen molar-refractivity contribution >= 4 is 5.97 Å². The minimum Gasteiger partial charge on any atom is -0.478 e. The van der Waals surface area contributed by atoms with E-state index < -0.39 is 5.97 Å². The highest BCUT2D eigenvalue weighted by atomic mass is 16.4. The Kier molecular flexibility index (Phi) is 5.17. The lowest BCUT2D eigenvalue weighted by atomic mass is 10.0. The van der Waals surface area contributed by atoms with Crippen LogP contribution >= 0.6 is 0 Å². The van der Waals surface area contributed by atoms with Crippen LogP contribution < -0.4 is 0 Å². The lowest BCUT2D eigenvalue weighted by molar-refractivity contribution is -0.131. The number of carboxylic acid groups (broad SMARTS) is 1. The van der Waals surface area contributed by atoms with E-state index >= 15 is 0 Å². The van der Waals surface area contributed by atoms with Crippen LogP contribution in [0.2, 0.25) is 0 Å². The first-order chi connectivity index (χ1) is 5.16. The van der Waals surface area contributed by atoms with Gasteiger partial charge < -0.3 is 5.11 Å². The quantitative estimate of drug-likeness (QED) is 0.487. The van der Waals surface area contributed by atoms with Crippen molar-refractivity contribution < 1.29 is 9.90 Å². The molecular weight excluding hydrogens is 140 g/mol. The van der Waals surface area contributed by atoms with Crippen LogP contribution in [0.4, 0.5) is 0 Å². The molecular formula is C9H14O2. The average molecular weight is 154 g/mol. The summed E-state index contributed by atoms with van der Waals surface area (Å²) in [4.78, 5) is 10.0. The van der Waals surface area contributed by atoms with E-state index in [-0.39, 0.29) is 0 Å². The van der Waals surface area contributed by atoms with Gasteiger partial charge in [0.2, 0.25) is 0 Å². The molecule has 0 radical (unpaired) electrons. The molecule has 0 aliphatic rings. The van der Waals surface area contributed by atoms with E-state index in [1.165, 1.54) is 6.08 Å². The van der Waals surface area contributed by atoms with Crippen LogP contribution in [0.3, 0.4) is 0 Å². The highest BCUT2D eigenvalue weighted by Gasteiger charge is 1.95. The van der Waals surface area contributed by atoms with Gasteiger partial charge in [0, 0.05) is 6.08 Å². The Morgan fingerprint density at radius 2 is 2.27 bits per heavy atom. The van der Waals surface area contributed by atoms with Crippen molar-refractivity contribution in [3.63, 3.8) is 0 Å². The van der Waals surface area contributed by atoms with Crippen molar-refractivity contribution in [1.29, 1.82) is 0 Å². The summed E-state index contributed by atoms with van der Waals surface area (Å²) in [6.45, 7) is 5.67. The molecule has 0 aliphatic heterocycles. The normalized spacial score (nSPS) is 13.2. The van der Waals surface area contributed by atoms with Crippen LogP contribution in [-0.2, 0) is 4.79 Å². The summed E-state index contributed by atoms with van der Waals surface area (Å²) < 4.78 is 0. The summed E-state index contributed by atoms with van der Waals surface area (Å²) >= 11 is 0. The number of hydrogen-bond donors (Lipinski definition) is 1. The molecule has 0 amide bonds. The van der Waals surface area contributed by atoms with Gasteiger partial charge in [-0.25, -0.2) is 4.79 Å². The fourth-order valence-electron chi connectivity index (χ4n) is 0.782. The lowest BCUT2D eigenvalue weighted by Crippen LogP contribution is -1.91. The van der Waals surface area contributed by atoms with Crippen molar-refractivity contribution in [2.75, 3.05) is 0 Å². The molecule has 0 aliphatic carbocycles. The number of allylic oxidation sites excluding steroid dienone is 2. The molecule has 0 spiro atoms. The maximum absolute atomic E-state index is 10.0. The molecule has 0 saturated carbocycles. The van der Waals surface area contributed by atoms with E-state index in [2.05, 4.69) is 13.5 Å². The lowest BCUT2D eigenvalue weighted by Gasteiger charge is -2.02. The number of carbonyl (C=O) groups is 1. The van der Waals surface area contributed by atoms with Crippen LogP contribution in [0.1, 0.15) is 19.8 Å². The minimum absolute atomic E-state index is 0.489.